The quantitative estimate of drug-likeness (QED) is 0.254. The number of benzene rings is 2. The van der Waals surface area contributed by atoms with Gasteiger partial charge in [-0.25, -0.2) is 13.1 Å². The Balaban J connectivity index is 1.53. The molecule has 1 aliphatic carbocycles. The van der Waals surface area contributed by atoms with Gasteiger partial charge in [-0.1, -0.05) is 86.8 Å². The first-order valence-electron chi connectivity index (χ1n) is 14.7. The Bertz CT molecular complexity index is 1460. The topological polar surface area (TPSA) is 132 Å². The molecule has 43 heavy (non-hydrogen) atoms. The molecule has 228 valence electrons. The van der Waals surface area contributed by atoms with E-state index in [1.165, 1.54) is 18.3 Å². The predicted molar refractivity (Wildman–Crippen MR) is 162 cm³/mol. The molecule has 2 N–H and O–H groups in total. The maximum atomic E-state index is 14.0. The number of nitrogens with zero attached hydrogens (tertiary/aromatic N) is 1. The van der Waals surface area contributed by atoms with Crippen LogP contribution >= 0.6 is 0 Å². The Hall–Kier alpha value is -4.05. The van der Waals surface area contributed by atoms with Gasteiger partial charge >= 0.3 is 5.97 Å². The number of carbonyl (C=O) groups is 3. The maximum absolute atomic E-state index is 14.0. The largest absolute Gasteiger partial charge is 0.461 e. The van der Waals surface area contributed by atoms with Crippen molar-refractivity contribution in [3.8, 4) is 0 Å². The fraction of sp³-hybridized carbons (Fsp3) is 0.394. The predicted octanol–water partition coefficient (Wildman–Crippen LogP) is 4.72. The molecule has 9 nitrogen and oxygen atoms in total. The van der Waals surface area contributed by atoms with Gasteiger partial charge in [-0.15, -0.1) is 0 Å². The highest BCUT2D eigenvalue weighted by atomic mass is 32.2. The van der Waals surface area contributed by atoms with E-state index in [-0.39, 0.29) is 29.8 Å². The standard InChI is InChI=1S/C33H39N3O6S/c1-2-12-27(31(38)42-24-26-15-7-4-8-16-26)22-33(18-9-10-19-33)32(39)35-29(21-25-13-5-3-6-14-25)30(37)36-43(40,41)28-17-11-20-34-23-28/h3-8,11,13-17,20,23,27,29H,2,9-10,12,18-19,21-22,24H2,1H3,(H,35,39)(H,36,37). The minimum Gasteiger partial charge on any atom is -0.461 e. The summed E-state index contributed by atoms with van der Waals surface area (Å²) >= 11 is 0. The van der Waals surface area contributed by atoms with Gasteiger partial charge < -0.3 is 10.1 Å². The molecular weight excluding hydrogens is 566 g/mol. The zero-order valence-electron chi connectivity index (χ0n) is 24.4. The molecule has 0 bridgehead atoms. The van der Waals surface area contributed by atoms with Crippen molar-refractivity contribution in [3.63, 3.8) is 0 Å². The van der Waals surface area contributed by atoms with E-state index in [1.807, 2.05) is 67.6 Å². The lowest BCUT2D eigenvalue weighted by molar-refractivity contribution is -0.152. The summed E-state index contributed by atoms with van der Waals surface area (Å²) in [6.07, 6.45) is 7.06. The SMILES string of the molecule is CCCC(CC1(C(=O)NC(Cc2ccccc2)C(=O)NS(=O)(=O)c2cccnc2)CCCC1)C(=O)OCc1ccccc1. The Morgan fingerprint density at radius 3 is 2.19 bits per heavy atom. The summed E-state index contributed by atoms with van der Waals surface area (Å²) in [6.45, 7) is 2.14. The van der Waals surface area contributed by atoms with E-state index in [4.69, 9.17) is 4.74 Å². The lowest BCUT2D eigenvalue weighted by Gasteiger charge is -2.33. The number of hydrogen-bond donors (Lipinski definition) is 2. The number of esters is 1. The van der Waals surface area contributed by atoms with Gasteiger partial charge in [-0.05, 0) is 48.9 Å². The molecule has 2 aromatic carbocycles. The second-order valence-electron chi connectivity index (χ2n) is 11.1. The van der Waals surface area contributed by atoms with Gasteiger partial charge in [-0.3, -0.25) is 19.4 Å². The first-order chi connectivity index (χ1) is 20.7. The van der Waals surface area contributed by atoms with E-state index in [0.29, 0.717) is 25.7 Å². The van der Waals surface area contributed by atoms with Crippen LogP contribution in [0.15, 0.2) is 90.1 Å². The molecule has 4 rings (SSSR count). The normalized spacial score (nSPS) is 15.7. The molecule has 1 fully saturated rings. The number of rotatable bonds is 14. The number of pyridine rings is 1. The van der Waals surface area contributed by atoms with Gasteiger partial charge in [0, 0.05) is 18.8 Å². The first kappa shape index (κ1) is 31.9. The van der Waals surface area contributed by atoms with Crippen molar-refractivity contribution in [3.05, 3.63) is 96.3 Å². The molecule has 1 saturated carbocycles. The Labute approximate surface area is 253 Å². The van der Waals surface area contributed by atoms with Gasteiger partial charge in [-0.2, -0.15) is 0 Å². The number of ether oxygens (including phenoxy) is 1. The van der Waals surface area contributed by atoms with Crippen LogP contribution in [0.25, 0.3) is 0 Å². The average Bonchev–Trinajstić information content (AvgIpc) is 3.50. The molecule has 1 aromatic heterocycles. The van der Waals surface area contributed by atoms with Gasteiger partial charge in [0.25, 0.3) is 15.9 Å². The van der Waals surface area contributed by atoms with Crippen molar-refractivity contribution in [2.75, 3.05) is 0 Å². The summed E-state index contributed by atoms with van der Waals surface area (Å²) in [7, 11) is -4.21. The van der Waals surface area contributed by atoms with E-state index in [1.54, 1.807) is 0 Å². The molecule has 1 heterocycles. The van der Waals surface area contributed by atoms with E-state index >= 15 is 0 Å². The van der Waals surface area contributed by atoms with Crippen molar-refractivity contribution in [2.24, 2.45) is 11.3 Å². The number of aromatic nitrogens is 1. The van der Waals surface area contributed by atoms with Crippen LogP contribution in [-0.2, 0) is 42.2 Å². The lowest BCUT2D eigenvalue weighted by atomic mass is 9.75. The fourth-order valence-electron chi connectivity index (χ4n) is 5.68. The number of sulfonamides is 1. The summed E-state index contributed by atoms with van der Waals surface area (Å²) in [6, 6.07) is 20.2. The third-order valence-corrected chi connectivity index (χ3v) is 9.29. The number of carbonyl (C=O) groups excluding carboxylic acids is 3. The second-order valence-corrected chi connectivity index (χ2v) is 12.8. The zero-order valence-corrected chi connectivity index (χ0v) is 25.2. The third-order valence-electron chi connectivity index (χ3n) is 7.96. The molecule has 2 amide bonds. The molecule has 3 aromatic rings. The number of nitrogens with one attached hydrogen (secondary N) is 2. The van der Waals surface area contributed by atoms with E-state index in [0.717, 1.165) is 36.6 Å². The van der Waals surface area contributed by atoms with E-state index < -0.39 is 33.3 Å². The van der Waals surface area contributed by atoms with Crippen molar-refractivity contribution in [2.45, 2.75) is 75.8 Å². The summed E-state index contributed by atoms with van der Waals surface area (Å²) in [5, 5.41) is 2.88. The van der Waals surface area contributed by atoms with E-state index in [9.17, 15) is 22.8 Å². The fourth-order valence-corrected chi connectivity index (χ4v) is 6.67. The highest BCUT2D eigenvalue weighted by molar-refractivity contribution is 7.90. The molecule has 10 heteroatoms. The molecule has 0 radical (unpaired) electrons. The van der Waals surface area contributed by atoms with Crippen LogP contribution < -0.4 is 10.0 Å². The number of amides is 2. The van der Waals surface area contributed by atoms with Crippen LogP contribution in [0.2, 0.25) is 0 Å². The minimum atomic E-state index is -4.21. The van der Waals surface area contributed by atoms with Crippen LogP contribution in [0.3, 0.4) is 0 Å². The Morgan fingerprint density at radius 2 is 1.58 bits per heavy atom. The summed E-state index contributed by atoms with van der Waals surface area (Å²) in [4.78, 5) is 44.4. The highest BCUT2D eigenvalue weighted by Gasteiger charge is 2.45. The third kappa shape index (κ3) is 8.73. The van der Waals surface area contributed by atoms with Gasteiger partial charge in [0.15, 0.2) is 0 Å². The molecule has 0 saturated heterocycles. The van der Waals surface area contributed by atoms with Crippen molar-refractivity contribution >= 4 is 27.8 Å². The van der Waals surface area contributed by atoms with Gasteiger partial charge in [0.2, 0.25) is 5.91 Å². The minimum absolute atomic E-state index is 0.0918. The molecular formula is C33H39N3O6S. The molecule has 0 aliphatic heterocycles. The number of hydrogen-bond acceptors (Lipinski definition) is 7. The van der Waals surface area contributed by atoms with Crippen molar-refractivity contribution in [1.82, 2.24) is 15.0 Å². The van der Waals surface area contributed by atoms with Gasteiger partial charge in [0.05, 0.1) is 11.3 Å². The van der Waals surface area contributed by atoms with Crippen LogP contribution in [0.5, 0.6) is 0 Å². The van der Waals surface area contributed by atoms with Crippen LogP contribution in [0.4, 0.5) is 0 Å². The monoisotopic (exact) mass is 605 g/mol. The first-order valence-corrected chi connectivity index (χ1v) is 16.2. The zero-order chi connectivity index (χ0) is 30.7. The molecule has 2 atom stereocenters. The van der Waals surface area contributed by atoms with Gasteiger partial charge in [0.1, 0.15) is 17.5 Å². The molecule has 2 unspecified atom stereocenters. The van der Waals surface area contributed by atoms with Crippen molar-refractivity contribution < 1.29 is 27.5 Å². The highest BCUT2D eigenvalue weighted by Crippen LogP contribution is 2.44. The maximum Gasteiger partial charge on any atom is 0.309 e. The summed E-state index contributed by atoms with van der Waals surface area (Å²) < 4.78 is 33.6. The second kappa shape index (κ2) is 14.9. The van der Waals surface area contributed by atoms with E-state index in [2.05, 4.69) is 15.0 Å². The van der Waals surface area contributed by atoms with Crippen molar-refractivity contribution in [1.29, 1.82) is 0 Å². The van der Waals surface area contributed by atoms with Crippen LogP contribution in [0, 0.1) is 11.3 Å². The Morgan fingerprint density at radius 1 is 0.930 bits per heavy atom. The van der Waals surface area contributed by atoms with Crippen LogP contribution in [-0.4, -0.2) is 37.2 Å². The average molecular weight is 606 g/mol. The lowest BCUT2D eigenvalue weighted by Crippen LogP contribution is -2.53. The summed E-state index contributed by atoms with van der Waals surface area (Å²) in [5.41, 5.74) is 0.772. The molecule has 1 aliphatic rings. The smallest absolute Gasteiger partial charge is 0.309 e. The summed E-state index contributed by atoms with van der Waals surface area (Å²) in [5.74, 6) is -2.02. The van der Waals surface area contributed by atoms with Crippen LogP contribution in [0.1, 0.15) is 63.0 Å². The Kier molecular flexibility index (Phi) is 11.1. The molecule has 0 spiro atoms.